The molecule has 0 aliphatic heterocycles. The number of unbranched alkanes of at least 4 members (excludes halogenated alkanes) is 3. The highest BCUT2D eigenvalue weighted by molar-refractivity contribution is 5.99. The molecule has 0 aromatic heterocycles. The summed E-state index contributed by atoms with van der Waals surface area (Å²) in [6.07, 6.45) is 3.96. The molecular formula is C12H18O2. The lowest BCUT2D eigenvalue weighted by molar-refractivity contribution is -0.120. The molecule has 0 saturated heterocycles. The van der Waals surface area contributed by atoms with Gasteiger partial charge in [-0.2, -0.15) is 0 Å². The first-order valence-corrected chi connectivity index (χ1v) is 4.95. The molecule has 2 nitrogen and oxygen atoms in total. The molecule has 0 spiro atoms. The Balaban J connectivity index is 3.73. The van der Waals surface area contributed by atoms with Crippen LogP contribution in [-0.2, 0) is 9.59 Å². The molecule has 0 atom stereocenters. The van der Waals surface area contributed by atoms with Crippen molar-refractivity contribution in [3.8, 4) is 11.8 Å². The van der Waals surface area contributed by atoms with Gasteiger partial charge in [-0.15, -0.1) is 0 Å². The number of carbonyl (C=O) groups is 2. The molecular weight excluding hydrogens is 176 g/mol. The van der Waals surface area contributed by atoms with Crippen molar-refractivity contribution in [2.75, 3.05) is 0 Å². The first-order valence-electron chi connectivity index (χ1n) is 4.95. The van der Waals surface area contributed by atoms with E-state index in [0.29, 0.717) is 12.8 Å². The molecule has 2 heteroatoms. The Kier molecular flexibility index (Phi) is 5.87. The summed E-state index contributed by atoms with van der Waals surface area (Å²) >= 11 is 0. The second-order valence-corrected chi connectivity index (χ2v) is 4.29. The standard InChI is InChI=1S/C12H18O2/c1-12(2,3)11(14)9-7-5-4-6-8-10-13/h10H,4-6,8H2,1-3H3. The minimum absolute atomic E-state index is 0.0205. The molecule has 0 bridgehead atoms. The van der Waals surface area contributed by atoms with Crippen LogP contribution < -0.4 is 0 Å². The molecule has 0 aliphatic rings. The van der Waals surface area contributed by atoms with Crippen LogP contribution in [0.15, 0.2) is 0 Å². The third-order valence-corrected chi connectivity index (χ3v) is 1.76. The van der Waals surface area contributed by atoms with Crippen LogP contribution in [0.1, 0.15) is 46.5 Å². The van der Waals surface area contributed by atoms with Crippen molar-refractivity contribution in [1.82, 2.24) is 0 Å². The monoisotopic (exact) mass is 194 g/mol. The first kappa shape index (κ1) is 12.9. The Morgan fingerprint density at radius 2 is 1.93 bits per heavy atom. The highest BCUT2D eigenvalue weighted by Gasteiger charge is 2.18. The zero-order chi connectivity index (χ0) is 11.0. The van der Waals surface area contributed by atoms with Gasteiger partial charge in [0.2, 0.25) is 5.78 Å². The van der Waals surface area contributed by atoms with E-state index in [-0.39, 0.29) is 11.2 Å². The van der Waals surface area contributed by atoms with Crippen molar-refractivity contribution in [3.05, 3.63) is 0 Å². The van der Waals surface area contributed by atoms with E-state index in [0.717, 1.165) is 19.1 Å². The Bertz CT molecular complexity index is 248. The van der Waals surface area contributed by atoms with Gasteiger partial charge in [0, 0.05) is 18.3 Å². The van der Waals surface area contributed by atoms with Gasteiger partial charge in [0.15, 0.2) is 0 Å². The summed E-state index contributed by atoms with van der Waals surface area (Å²) in [7, 11) is 0. The lowest BCUT2D eigenvalue weighted by Gasteiger charge is -2.10. The molecule has 0 amide bonds. The molecule has 0 N–H and O–H groups in total. The van der Waals surface area contributed by atoms with Crippen LogP contribution in [0.25, 0.3) is 0 Å². The quantitative estimate of drug-likeness (QED) is 0.298. The van der Waals surface area contributed by atoms with E-state index in [1.54, 1.807) is 0 Å². The van der Waals surface area contributed by atoms with Gasteiger partial charge < -0.3 is 4.79 Å². The molecule has 0 aliphatic carbocycles. The van der Waals surface area contributed by atoms with Crippen LogP contribution in [0.5, 0.6) is 0 Å². The van der Waals surface area contributed by atoms with Gasteiger partial charge in [-0.3, -0.25) is 4.79 Å². The second-order valence-electron chi connectivity index (χ2n) is 4.29. The number of aldehydes is 1. The van der Waals surface area contributed by atoms with E-state index in [9.17, 15) is 9.59 Å². The summed E-state index contributed by atoms with van der Waals surface area (Å²) in [6.45, 7) is 5.57. The second kappa shape index (κ2) is 6.37. The van der Waals surface area contributed by atoms with E-state index < -0.39 is 0 Å². The Labute approximate surface area is 86.1 Å². The van der Waals surface area contributed by atoms with Gasteiger partial charge in [0.25, 0.3) is 0 Å². The fraction of sp³-hybridized carbons (Fsp3) is 0.667. The third-order valence-electron chi connectivity index (χ3n) is 1.76. The zero-order valence-corrected chi connectivity index (χ0v) is 9.22. The van der Waals surface area contributed by atoms with Crippen LogP contribution >= 0.6 is 0 Å². The highest BCUT2D eigenvalue weighted by atomic mass is 16.1. The Morgan fingerprint density at radius 3 is 2.43 bits per heavy atom. The predicted octanol–water partition coefficient (Wildman–Crippen LogP) is 2.36. The van der Waals surface area contributed by atoms with Crippen LogP contribution in [0.4, 0.5) is 0 Å². The molecule has 0 radical (unpaired) electrons. The Morgan fingerprint density at radius 1 is 1.29 bits per heavy atom. The van der Waals surface area contributed by atoms with E-state index in [1.165, 1.54) is 0 Å². The normalized spacial score (nSPS) is 10.2. The summed E-state index contributed by atoms with van der Waals surface area (Å²) in [5.74, 6) is 5.44. The van der Waals surface area contributed by atoms with Gasteiger partial charge in [-0.1, -0.05) is 26.7 Å². The number of Topliss-reactive ketones (excluding diaryl/α,β-unsaturated/α-hetero) is 1. The summed E-state index contributed by atoms with van der Waals surface area (Å²) in [5.41, 5.74) is -0.365. The van der Waals surface area contributed by atoms with Gasteiger partial charge >= 0.3 is 0 Å². The van der Waals surface area contributed by atoms with Crippen LogP contribution in [-0.4, -0.2) is 12.1 Å². The SMILES string of the molecule is CC(C)(C)C(=O)C#CCCCCC=O. The highest BCUT2D eigenvalue weighted by Crippen LogP contribution is 2.13. The number of rotatable bonds is 4. The van der Waals surface area contributed by atoms with Crippen molar-refractivity contribution < 1.29 is 9.59 Å². The topological polar surface area (TPSA) is 34.1 Å². The summed E-state index contributed by atoms with van der Waals surface area (Å²) in [4.78, 5) is 21.3. The fourth-order valence-corrected chi connectivity index (χ4v) is 0.771. The van der Waals surface area contributed by atoms with Crippen LogP contribution in [0.2, 0.25) is 0 Å². The largest absolute Gasteiger partial charge is 0.303 e. The minimum atomic E-state index is -0.365. The van der Waals surface area contributed by atoms with E-state index in [4.69, 9.17) is 0 Å². The van der Waals surface area contributed by atoms with Crippen molar-refractivity contribution in [2.24, 2.45) is 5.41 Å². The maximum atomic E-state index is 11.3. The minimum Gasteiger partial charge on any atom is -0.303 e. The van der Waals surface area contributed by atoms with E-state index in [1.807, 2.05) is 20.8 Å². The molecule has 0 fully saturated rings. The lowest BCUT2D eigenvalue weighted by atomic mass is 9.91. The number of hydrogen-bond donors (Lipinski definition) is 0. The zero-order valence-electron chi connectivity index (χ0n) is 9.22. The van der Waals surface area contributed by atoms with Crippen molar-refractivity contribution >= 4 is 12.1 Å². The molecule has 78 valence electrons. The van der Waals surface area contributed by atoms with Gasteiger partial charge in [0.1, 0.15) is 6.29 Å². The van der Waals surface area contributed by atoms with Crippen molar-refractivity contribution in [1.29, 1.82) is 0 Å². The average Bonchev–Trinajstić information content (AvgIpc) is 2.09. The predicted molar refractivity (Wildman–Crippen MR) is 56.8 cm³/mol. The van der Waals surface area contributed by atoms with E-state index in [2.05, 4.69) is 11.8 Å². The molecule has 0 aromatic rings. The molecule has 0 unspecified atom stereocenters. The maximum absolute atomic E-state index is 11.3. The third kappa shape index (κ3) is 6.42. The van der Waals surface area contributed by atoms with Crippen LogP contribution in [0, 0.1) is 17.3 Å². The number of hydrogen-bond acceptors (Lipinski definition) is 2. The molecule has 0 heterocycles. The number of ketones is 1. The molecule has 14 heavy (non-hydrogen) atoms. The number of carbonyl (C=O) groups excluding carboxylic acids is 2. The summed E-state index contributed by atoms with van der Waals surface area (Å²) in [5, 5.41) is 0. The molecule has 0 saturated carbocycles. The van der Waals surface area contributed by atoms with Gasteiger partial charge in [-0.05, 0) is 18.8 Å². The molecule has 0 aromatic carbocycles. The van der Waals surface area contributed by atoms with Gasteiger partial charge in [0.05, 0.1) is 0 Å². The first-order chi connectivity index (χ1) is 6.48. The molecule has 0 rings (SSSR count). The van der Waals surface area contributed by atoms with E-state index >= 15 is 0 Å². The smallest absolute Gasteiger partial charge is 0.210 e. The average molecular weight is 194 g/mol. The maximum Gasteiger partial charge on any atom is 0.210 e. The summed E-state index contributed by atoms with van der Waals surface area (Å²) < 4.78 is 0. The lowest BCUT2D eigenvalue weighted by Crippen LogP contribution is -2.17. The van der Waals surface area contributed by atoms with Crippen molar-refractivity contribution in [2.45, 2.75) is 46.5 Å². The van der Waals surface area contributed by atoms with Crippen LogP contribution in [0.3, 0.4) is 0 Å². The van der Waals surface area contributed by atoms with Gasteiger partial charge in [-0.25, -0.2) is 0 Å². The summed E-state index contributed by atoms with van der Waals surface area (Å²) in [6, 6.07) is 0. The fourth-order valence-electron chi connectivity index (χ4n) is 0.771. The Hall–Kier alpha value is -1.10. The van der Waals surface area contributed by atoms with Crippen molar-refractivity contribution in [3.63, 3.8) is 0 Å².